The molecule has 3 rings (SSSR count). The fourth-order valence-corrected chi connectivity index (χ4v) is 4.12. The highest BCUT2D eigenvalue weighted by molar-refractivity contribution is 6.31. The number of nitrogens with zero attached hydrogens (tertiary/aromatic N) is 2. The molecular formula is C21H33ClN4O. The molecule has 1 unspecified atom stereocenters. The van der Waals surface area contributed by atoms with Crippen LogP contribution in [0.15, 0.2) is 29.3 Å². The van der Waals surface area contributed by atoms with Gasteiger partial charge < -0.3 is 15.4 Å². The minimum absolute atomic E-state index is 0.0539. The minimum atomic E-state index is -0.0539. The van der Waals surface area contributed by atoms with Gasteiger partial charge in [0.05, 0.1) is 5.60 Å². The molecule has 1 aromatic carbocycles. The van der Waals surface area contributed by atoms with Crippen LogP contribution in [0.5, 0.6) is 0 Å². The van der Waals surface area contributed by atoms with E-state index in [1.165, 1.54) is 18.4 Å². The first-order valence-corrected chi connectivity index (χ1v) is 10.5. The molecule has 2 aliphatic rings. The van der Waals surface area contributed by atoms with Crippen LogP contribution in [0.2, 0.25) is 5.02 Å². The monoisotopic (exact) mass is 392 g/mol. The minimum Gasteiger partial charge on any atom is -0.373 e. The summed E-state index contributed by atoms with van der Waals surface area (Å²) in [6.07, 6.45) is 4.67. The fraction of sp³-hybridized carbons (Fsp3) is 0.667. The molecule has 2 fully saturated rings. The van der Waals surface area contributed by atoms with Crippen molar-refractivity contribution in [3.8, 4) is 0 Å². The van der Waals surface area contributed by atoms with Crippen LogP contribution in [-0.4, -0.2) is 56.3 Å². The number of aliphatic imine (C=N–C) groups is 1. The first kappa shape index (κ1) is 20.4. The van der Waals surface area contributed by atoms with Crippen molar-refractivity contribution >= 4 is 17.6 Å². The van der Waals surface area contributed by atoms with Gasteiger partial charge in [0.2, 0.25) is 0 Å². The molecule has 0 saturated carbocycles. The molecule has 2 saturated heterocycles. The predicted molar refractivity (Wildman–Crippen MR) is 112 cm³/mol. The Hall–Kier alpha value is -1.30. The topological polar surface area (TPSA) is 48.9 Å². The molecule has 0 aromatic heterocycles. The zero-order valence-electron chi connectivity index (χ0n) is 16.6. The van der Waals surface area contributed by atoms with Crippen LogP contribution >= 0.6 is 11.6 Å². The van der Waals surface area contributed by atoms with Crippen LogP contribution < -0.4 is 10.6 Å². The maximum absolute atomic E-state index is 6.29. The number of ether oxygens (including phenoxy) is 1. The second kappa shape index (κ2) is 9.76. The van der Waals surface area contributed by atoms with Gasteiger partial charge in [-0.2, -0.15) is 0 Å². The van der Waals surface area contributed by atoms with Crippen LogP contribution in [0.3, 0.4) is 0 Å². The van der Waals surface area contributed by atoms with Crippen molar-refractivity contribution in [2.75, 3.05) is 39.8 Å². The third-order valence-corrected chi connectivity index (χ3v) is 6.14. The third kappa shape index (κ3) is 6.09. The van der Waals surface area contributed by atoms with Crippen molar-refractivity contribution in [2.24, 2.45) is 10.9 Å². The Labute approximate surface area is 168 Å². The summed E-state index contributed by atoms with van der Waals surface area (Å²) in [6, 6.07) is 8.15. The number of nitrogens with one attached hydrogen (secondary N) is 2. The van der Waals surface area contributed by atoms with Crippen molar-refractivity contribution < 1.29 is 4.74 Å². The van der Waals surface area contributed by atoms with E-state index in [0.717, 1.165) is 63.2 Å². The quantitative estimate of drug-likeness (QED) is 0.576. The SMILES string of the molecule is CN=C(NCC1CCN(Cc2ccccc2Cl)CC1)NCC1(C)CCCO1. The number of hydrogen-bond donors (Lipinski definition) is 2. The maximum Gasteiger partial charge on any atom is 0.191 e. The first-order chi connectivity index (χ1) is 13.1. The van der Waals surface area contributed by atoms with Crippen LogP contribution in [-0.2, 0) is 11.3 Å². The number of rotatable bonds is 6. The average Bonchev–Trinajstić information content (AvgIpc) is 3.12. The highest BCUT2D eigenvalue weighted by Crippen LogP contribution is 2.24. The maximum atomic E-state index is 6.29. The zero-order valence-corrected chi connectivity index (χ0v) is 17.4. The highest BCUT2D eigenvalue weighted by Gasteiger charge is 2.29. The molecule has 1 atom stereocenters. The third-order valence-electron chi connectivity index (χ3n) is 5.77. The fourth-order valence-electron chi connectivity index (χ4n) is 3.92. The molecular weight excluding hydrogens is 360 g/mol. The molecule has 27 heavy (non-hydrogen) atoms. The van der Waals surface area contributed by atoms with Crippen molar-refractivity contribution in [3.05, 3.63) is 34.9 Å². The second-order valence-corrected chi connectivity index (χ2v) is 8.43. The Balaban J connectivity index is 1.36. The van der Waals surface area contributed by atoms with Gasteiger partial charge in [-0.3, -0.25) is 9.89 Å². The van der Waals surface area contributed by atoms with Gasteiger partial charge in [0.25, 0.3) is 0 Å². The zero-order chi connectivity index (χ0) is 19.1. The summed E-state index contributed by atoms with van der Waals surface area (Å²) >= 11 is 6.29. The largest absolute Gasteiger partial charge is 0.373 e. The van der Waals surface area contributed by atoms with Crippen LogP contribution in [0.25, 0.3) is 0 Å². The number of benzene rings is 1. The standard InChI is InChI=1S/C21H33ClN4O/c1-21(10-5-13-27-21)16-25-20(23-2)24-14-17-8-11-26(12-9-17)15-18-6-3-4-7-19(18)22/h3-4,6-7,17H,5,8-16H2,1-2H3,(H2,23,24,25). The van der Waals surface area contributed by atoms with Gasteiger partial charge in [0.15, 0.2) is 5.96 Å². The Morgan fingerprint density at radius 2 is 2.07 bits per heavy atom. The average molecular weight is 393 g/mol. The van der Waals surface area contributed by atoms with E-state index in [1.54, 1.807) is 0 Å². The lowest BCUT2D eigenvalue weighted by atomic mass is 9.96. The van der Waals surface area contributed by atoms with E-state index in [-0.39, 0.29) is 5.60 Å². The van der Waals surface area contributed by atoms with Crippen molar-refractivity contribution in [1.82, 2.24) is 15.5 Å². The highest BCUT2D eigenvalue weighted by atomic mass is 35.5. The molecule has 0 bridgehead atoms. The summed E-state index contributed by atoms with van der Waals surface area (Å²) in [7, 11) is 1.83. The summed E-state index contributed by atoms with van der Waals surface area (Å²) in [4.78, 5) is 6.86. The molecule has 2 aliphatic heterocycles. The summed E-state index contributed by atoms with van der Waals surface area (Å²) in [5.74, 6) is 1.56. The number of halogens is 1. The van der Waals surface area contributed by atoms with Crippen molar-refractivity contribution in [1.29, 1.82) is 0 Å². The Kier molecular flexibility index (Phi) is 7.39. The summed E-state index contributed by atoms with van der Waals surface area (Å²) in [6.45, 7) is 8.01. The normalized spacial score (nSPS) is 24.9. The van der Waals surface area contributed by atoms with Gasteiger partial charge in [-0.25, -0.2) is 0 Å². The Morgan fingerprint density at radius 3 is 2.74 bits per heavy atom. The van der Waals surface area contributed by atoms with Gasteiger partial charge in [0, 0.05) is 38.3 Å². The molecule has 6 heteroatoms. The molecule has 5 nitrogen and oxygen atoms in total. The van der Waals surface area contributed by atoms with E-state index in [2.05, 4.69) is 39.6 Å². The summed E-state index contributed by atoms with van der Waals surface area (Å²) < 4.78 is 5.84. The molecule has 0 spiro atoms. The predicted octanol–water partition coefficient (Wildman–Crippen LogP) is 3.29. The lowest BCUT2D eigenvalue weighted by Gasteiger charge is -2.32. The Bertz CT molecular complexity index is 622. The molecule has 1 aromatic rings. The number of guanidine groups is 1. The lowest BCUT2D eigenvalue weighted by Crippen LogP contribution is -2.47. The van der Waals surface area contributed by atoms with E-state index < -0.39 is 0 Å². The lowest BCUT2D eigenvalue weighted by molar-refractivity contribution is 0.0242. The van der Waals surface area contributed by atoms with E-state index in [1.807, 2.05) is 19.2 Å². The van der Waals surface area contributed by atoms with E-state index >= 15 is 0 Å². The number of piperidine rings is 1. The van der Waals surface area contributed by atoms with Crippen LogP contribution in [0, 0.1) is 5.92 Å². The smallest absolute Gasteiger partial charge is 0.191 e. The molecule has 0 aliphatic carbocycles. The molecule has 2 heterocycles. The van der Waals surface area contributed by atoms with E-state index in [0.29, 0.717) is 5.92 Å². The van der Waals surface area contributed by atoms with Crippen molar-refractivity contribution in [2.45, 2.75) is 44.8 Å². The molecule has 2 N–H and O–H groups in total. The van der Waals surface area contributed by atoms with Gasteiger partial charge in [-0.15, -0.1) is 0 Å². The van der Waals surface area contributed by atoms with Crippen LogP contribution in [0.4, 0.5) is 0 Å². The molecule has 0 amide bonds. The van der Waals surface area contributed by atoms with E-state index in [9.17, 15) is 0 Å². The Morgan fingerprint density at radius 1 is 1.30 bits per heavy atom. The van der Waals surface area contributed by atoms with Gasteiger partial charge >= 0.3 is 0 Å². The first-order valence-electron chi connectivity index (χ1n) is 10.1. The number of hydrogen-bond acceptors (Lipinski definition) is 3. The summed E-state index contributed by atoms with van der Waals surface area (Å²) in [5, 5.41) is 7.80. The molecule has 0 radical (unpaired) electrons. The van der Waals surface area contributed by atoms with Gasteiger partial charge in [-0.1, -0.05) is 29.8 Å². The van der Waals surface area contributed by atoms with E-state index in [4.69, 9.17) is 16.3 Å². The molecule has 150 valence electrons. The number of likely N-dealkylation sites (tertiary alicyclic amines) is 1. The van der Waals surface area contributed by atoms with Crippen molar-refractivity contribution in [3.63, 3.8) is 0 Å². The van der Waals surface area contributed by atoms with Crippen LogP contribution in [0.1, 0.15) is 38.2 Å². The van der Waals surface area contributed by atoms with Gasteiger partial charge in [0.1, 0.15) is 0 Å². The summed E-state index contributed by atoms with van der Waals surface area (Å²) in [5.41, 5.74) is 1.17. The van der Waals surface area contributed by atoms with Gasteiger partial charge in [-0.05, 0) is 63.2 Å². The second-order valence-electron chi connectivity index (χ2n) is 8.02.